The van der Waals surface area contributed by atoms with Crippen LogP contribution in [0.3, 0.4) is 0 Å². The van der Waals surface area contributed by atoms with Gasteiger partial charge in [-0.25, -0.2) is 22.9 Å². The van der Waals surface area contributed by atoms with Crippen LogP contribution >= 0.6 is 11.3 Å². The molecule has 0 saturated heterocycles. The Bertz CT molecular complexity index is 543. The lowest BCUT2D eigenvalue weighted by Crippen LogP contribution is -2.27. The molecule has 1 aromatic rings. The predicted octanol–water partition coefficient (Wildman–Crippen LogP) is -0.173. The summed E-state index contributed by atoms with van der Waals surface area (Å²) in [5.74, 6) is -1.71. The number of nitrogens with one attached hydrogen (secondary N) is 1. The average molecular weight is 275 g/mol. The highest BCUT2D eigenvalue weighted by Gasteiger charge is 2.11. The summed E-state index contributed by atoms with van der Waals surface area (Å²) in [4.78, 5) is 14.3. The molecule has 0 bridgehead atoms. The highest BCUT2D eigenvalue weighted by molar-refractivity contribution is 7.89. The molecule has 0 radical (unpaired) electrons. The second-order valence-electron chi connectivity index (χ2n) is 2.99. The van der Waals surface area contributed by atoms with Crippen molar-refractivity contribution in [2.24, 2.45) is 0 Å². The third-order valence-electron chi connectivity index (χ3n) is 1.69. The molecule has 0 aliphatic carbocycles. The number of rotatable bonds is 6. The predicted molar refractivity (Wildman–Crippen MR) is 60.2 cm³/mol. The third-order valence-corrected chi connectivity index (χ3v) is 3.75. The summed E-state index contributed by atoms with van der Waals surface area (Å²) in [5.41, 5.74) is -0.0510. The fraction of sp³-hybridized carbons (Fsp3) is 0.375. The quantitative estimate of drug-likeness (QED) is 0.743. The molecule has 92 valence electrons. The van der Waals surface area contributed by atoms with E-state index in [1.807, 2.05) is 0 Å². The second-order valence-corrected chi connectivity index (χ2v) is 5.74. The molecule has 9 heteroatoms. The average Bonchev–Trinajstić information content (AvgIpc) is 2.66. The zero-order valence-corrected chi connectivity index (χ0v) is 10.2. The van der Waals surface area contributed by atoms with Gasteiger partial charge in [0.1, 0.15) is 0 Å². The van der Waals surface area contributed by atoms with Crippen LogP contribution in [0.15, 0.2) is 5.38 Å². The standard InChI is InChI=1S/C8H9N3O4S2/c9-2-4-17(14,15)10-3-1-7-11-6(5-16-7)8(12)13/h5,10H,1,3-4H2,(H,12,13). The van der Waals surface area contributed by atoms with Crippen LogP contribution in [-0.4, -0.2) is 36.8 Å². The van der Waals surface area contributed by atoms with Gasteiger partial charge in [0, 0.05) is 18.3 Å². The second kappa shape index (κ2) is 5.72. The van der Waals surface area contributed by atoms with Crippen molar-refractivity contribution in [2.45, 2.75) is 6.42 Å². The molecule has 0 unspecified atom stereocenters. The molecule has 1 aromatic heterocycles. The molecule has 0 aliphatic heterocycles. The molecule has 0 spiro atoms. The van der Waals surface area contributed by atoms with Crippen molar-refractivity contribution >= 4 is 27.3 Å². The van der Waals surface area contributed by atoms with Gasteiger partial charge in [0.25, 0.3) is 0 Å². The van der Waals surface area contributed by atoms with E-state index in [0.29, 0.717) is 11.4 Å². The monoisotopic (exact) mass is 275 g/mol. The van der Waals surface area contributed by atoms with Crippen LogP contribution < -0.4 is 4.72 Å². The number of hydrogen-bond donors (Lipinski definition) is 2. The first-order valence-corrected chi connectivity index (χ1v) is 7.00. The maximum atomic E-state index is 11.1. The fourth-order valence-electron chi connectivity index (χ4n) is 0.973. The lowest BCUT2D eigenvalue weighted by molar-refractivity contribution is 0.0691. The minimum Gasteiger partial charge on any atom is -0.476 e. The summed E-state index contributed by atoms with van der Waals surface area (Å²) in [7, 11) is -3.56. The van der Waals surface area contributed by atoms with Crippen molar-refractivity contribution in [1.82, 2.24) is 9.71 Å². The van der Waals surface area contributed by atoms with E-state index in [1.165, 1.54) is 11.4 Å². The van der Waals surface area contributed by atoms with Crippen molar-refractivity contribution < 1.29 is 18.3 Å². The van der Waals surface area contributed by atoms with Gasteiger partial charge in [-0.1, -0.05) is 0 Å². The van der Waals surface area contributed by atoms with Crippen molar-refractivity contribution in [1.29, 1.82) is 5.26 Å². The number of carboxylic acid groups (broad SMARTS) is 1. The van der Waals surface area contributed by atoms with Gasteiger partial charge in [0.2, 0.25) is 10.0 Å². The normalized spacial score (nSPS) is 11.0. The number of carboxylic acids is 1. The van der Waals surface area contributed by atoms with E-state index < -0.39 is 21.7 Å². The van der Waals surface area contributed by atoms with Crippen LogP contribution in [0.1, 0.15) is 15.5 Å². The van der Waals surface area contributed by atoms with E-state index in [4.69, 9.17) is 10.4 Å². The van der Waals surface area contributed by atoms with Gasteiger partial charge in [0.15, 0.2) is 11.4 Å². The molecular weight excluding hydrogens is 266 g/mol. The van der Waals surface area contributed by atoms with E-state index in [-0.39, 0.29) is 12.2 Å². The van der Waals surface area contributed by atoms with E-state index in [1.54, 1.807) is 0 Å². The van der Waals surface area contributed by atoms with Gasteiger partial charge >= 0.3 is 5.97 Å². The molecule has 1 rings (SSSR count). The molecule has 0 aliphatic rings. The van der Waals surface area contributed by atoms with Gasteiger partial charge in [-0.3, -0.25) is 0 Å². The Morgan fingerprint density at radius 1 is 1.65 bits per heavy atom. The molecule has 0 fully saturated rings. The Kier molecular flexibility index (Phi) is 4.56. The van der Waals surface area contributed by atoms with Crippen molar-refractivity contribution in [3.05, 3.63) is 16.1 Å². The molecule has 2 N–H and O–H groups in total. The fourth-order valence-corrected chi connectivity index (χ4v) is 2.43. The van der Waals surface area contributed by atoms with E-state index in [2.05, 4.69) is 9.71 Å². The van der Waals surface area contributed by atoms with E-state index >= 15 is 0 Å². The molecular formula is C8H9N3O4S2. The number of nitrogens with zero attached hydrogens (tertiary/aromatic N) is 2. The van der Waals surface area contributed by atoms with Crippen LogP contribution in [-0.2, 0) is 16.4 Å². The summed E-state index contributed by atoms with van der Waals surface area (Å²) in [6.45, 7) is 0.0938. The van der Waals surface area contributed by atoms with Crippen LogP contribution in [0.5, 0.6) is 0 Å². The molecule has 0 aromatic carbocycles. The zero-order chi connectivity index (χ0) is 12.9. The number of aromatic carboxylic acids is 1. The Balaban J connectivity index is 2.46. The van der Waals surface area contributed by atoms with Crippen molar-refractivity contribution in [3.8, 4) is 6.07 Å². The maximum Gasteiger partial charge on any atom is 0.355 e. The number of thiazole rings is 1. The minimum absolute atomic E-state index is 0.0510. The SMILES string of the molecule is N#CCS(=O)(=O)NCCc1nc(C(=O)O)cs1. The number of sulfonamides is 1. The number of nitriles is 1. The van der Waals surface area contributed by atoms with Crippen LogP contribution in [0.2, 0.25) is 0 Å². The van der Waals surface area contributed by atoms with Crippen molar-refractivity contribution in [3.63, 3.8) is 0 Å². The Morgan fingerprint density at radius 3 is 2.88 bits per heavy atom. The summed E-state index contributed by atoms with van der Waals surface area (Å²) in [6, 6.07) is 1.53. The third kappa shape index (κ3) is 4.48. The van der Waals surface area contributed by atoms with Gasteiger partial charge < -0.3 is 5.11 Å². The van der Waals surface area contributed by atoms with Gasteiger partial charge in [0.05, 0.1) is 11.1 Å². The minimum atomic E-state index is -3.56. The van der Waals surface area contributed by atoms with E-state index in [9.17, 15) is 13.2 Å². The largest absolute Gasteiger partial charge is 0.476 e. The Labute approximate surface area is 102 Å². The lowest BCUT2D eigenvalue weighted by atomic mass is 10.4. The number of carbonyl (C=O) groups is 1. The summed E-state index contributed by atoms with van der Waals surface area (Å²) >= 11 is 1.15. The molecule has 0 saturated carbocycles. The zero-order valence-electron chi connectivity index (χ0n) is 8.58. The van der Waals surface area contributed by atoms with Gasteiger partial charge in [-0.15, -0.1) is 11.3 Å². The van der Waals surface area contributed by atoms with Gasteiger partial charge in [-0.05, 0) is 0 Å². The first-order chi connectivity index (χ1) is 7.94. The first kappa shape index (κ1) is 13.6. The Morgan fingerprint density at radius 2 is 2.35 bits per heavy atom. The number of hydrogen-bond acceptors (Lipinski definition) is 6. The van der Waals surface area contributed by atoms with Crippen molar-refractivity contribution in [2.75, 3.05) is 12.3 Å². The molecule has 1 heterocycles. The van der Waals surface area contributed by atoms with Crippen LogP contribution in [0.25, 0.3) is 0 Å². The highest BCUT2D eigenvalue weighted by atomic mass is 32.2. The molecule has 17 heavy (non-hydrogen) atoms. The topological polar surface area (TPSA) is 120 Å². The lowest BCUT2D eigenvalue weighted by Gasteiger charge is -2.00. The molecule has 0 atom stereocenters. The van der Waals surface area contributed by atoms with Crippen LogP contribution in [0.4, 0.5) is 0 Å². The van der Waals surface area contributed by atoms with Gasteiger partial charge in [-0.2, -0.15) is 5.26 Å². The van der Waals surface area contributed by atoms with E-state index in [0.717, 1.165) is 11.3 Å². The maximum absolute atomic E-state index is 11.1. The van der Waals surface area contributed by atoms with Crippen LogP contribution in [0, 0.1) is 11.3 Å². The summed E-state index contributed by atoms with van der Waals surface area (Å²) in [5, 5.41) is 18.8. The molecule has 0 amide bonds. The Hall–Kier alpha value is -1.50. The first-order valence-electron chi connectivity index (χ1n) is 4.46. The highest BCUT2D eigenvalue weighted by Crippen LogP contribution is 2.09. The summed E-state index contributed by atoms with van der Waals surface area (Å²) in [6.07, 6.45) is 0.294. The smallest absolute Gasteiger partial charge is 0.355 e. The molecule has 7 nitrogen and oxygen atoms in total. The summed E-state index contributed by atoms with van der Waals surface area (Å²) < 4.78 is 24.4. The number of aromatic nitrogens is 1.